The summed E-state index contributed by atoms with van der Waals surface area (Å²) in [5.41, 5.74) is 0.739. The molecule has 2 rings (SSSR count). The van der Waals surface area contributed by atoms with Crippen LogP contribution < -0.4 is 5.32 Å². The van der Waals surface area contributed by atoms with Crippen LogP contribution in [0.5, 0.6) is 0 Å². The summed E-state index contributed by atoms with van der Waals surface area (Å²) < 4.78 is 13.5. The van der Waals surface area contributed by atoms with E-state index in [4.69, 9.17) is 11.6 Å². The maximum atomic E-state index is 13.5. The van der Waals surface area contributed by atoms with E-state index in [0.29, 0.717) is 11.1 Å². The second-order valence-corrected chi connectivity index (χ2v) is 5.30. The van der Waals surface area contributed by atoms with Crippen molar-refractivity contribution in [3.63, 3.8) is 0 Å². The van der Waals surface area contributed by atoms with Crippen LogP contribution in [-0.4, -0.2) is 13.1 Å². The summed E-state index contributed by atoms with van der Waals surface area (Å²) in [5, 5.41) is 3.98. The maximum absolute atomic E-state index is 13.5. The van der Waals surface area contributed by atoms with Gasteiger partial charge in [0.25, 0.3) is 0 Å². The van der Waals surface area contributed by atoms with E-state index in [1.165, 1.54) is 18.9 Å². The molecule has 0 amide bonds. The van der Waals surface area contributed by atoms with Crippen molar-refractivity contribution in [1.29, 1.82) is 0 Å². The van der Waals surface area contributed by atoms with Gasteiger partial charge in [0.1, 0.15) is 5.82 Å². The third-order valence-electron chi connectivity index (χ3n) is 3.53. The molecule has 1 aliphatic carbocycles. The highest BCUT2D eigenvalue weighted by molar-refractivity contribution is 6.30. The Kier molecular flexibility index (Phi) is 4.41. The summed E-state index contributed by atoms with van der Waals surface area (Å²) in [4.78, 5) is 0. The minimum absolute atomic E-state index is 0.137. The van der Waals surface area contributed by atoms with Gasteiger partial charge in [-0.05, 0) is 68.8 Å². The summed E-state index contributed by atoms with van der Waals surface area (Å²) in [6.07, 6.45) is 5.59. The van der Waals surface area contributed by atoms with E-state index in [1.807, 2.05) is 7.05 Å². The molecule has 0 bridgehead atoms. The lowest BCUT2D eigenvalue weighted by Crippen LogP contribution is -2.27. The molecule has 0 saturated heterocycles. The lowest BCUT2D eigenvalue weighted by molar-refractivity contribution is 0.454. The van der Waals surface area contributed by atoms with Gasteiger partial charge in [0.15, 0.2) is 0 Å². The SMILES string of the molecule is CNC(CCCc1cc(Cl)ccc1F)C1CC1. The van der Waals surface area contributed by atoms with Gasteiger partial charge >= 0.3 is 0 Å². The first kappa shape index (κ1) is 12.8. The fraction of sp³-hybridized carbons (Fsp3) is 0.571. The van der Waals surface area contributed by atoms with Crippen molar-refractivity contribution in [2.24, 2.45) is 5.92 Å². The number of halogens is 2. The van der Waals surface area contributed by atoms with Crippen LogP contribution in [0.2, 0.25) is 5.02 Å². The van der Waals surface area contributed by atoms with Crippen molar-refractivity contribution in [2.45, 2.75) is 38.1 Å². The average Bonchev–Trinajstić information content (AvgIpc) is 3.13. The molecule has 1 aliphatic rings. The molecular weight excluding hydrogens is 237 g/mol. The molecule has 1 nitrogen and oxygen atoms in total. The molecule has 0 aliphatic heterocycles. The Morgan fingerprint density at radius 1 is 1.47 bits per heavy atom. The monoisotopic (exact) mass is 255 g/mol. The molecule has 0 heterocycles. The van der Waals surface area contributed by atoms with Crippen LogP contribution in [0, 0.1) is 11.7 Å². The summed E-state index contributed by atoms with van der Waals surface area (Å²) in [6, 6.07) is 5.40. The molecule has 1 fully saturated rings. The Labute approximate surface area is 107 Å². The molecule has 0 radical (unpaired) electrons. The Morgan fingerprint density at radius 2 is 2.24 bits per heavy atom. The molecule has 94 valence electrons. The molecule has 1 aromatic rings. The van der Waals surface area contributed by atoms with Gasteiger partial charge in [0.05, 0.1) is 0 Å². The first-order valence-electron chi connectivity index (χ1n) is 6.32. The zero-order valence-electron chi connectivity index (χ0n) is 10.2. The van der Waals surface area contributed by atoms with Gasteiger partial charge < -0.3 is 5.32 Å². The van der Waals surface area contributed by atoms with E-state index >= 15 is 0 Å². The van der Waals surface area contributed by atoms with E-state index in [9.17, 15) is 4.39 Å². The lowest BCUT2D eigenvalue weighted by Gasteiger charge is -2.15. The van der Waals surface area contributed by atoms with Crippen molar-refractivity contribution in [2.75, 3.05) is 7.05 Å². The lowest BCUT2D eigenvalue weighted by atomic mass is 10.0. The second kappa shape index (κ2) is 5.83. The summed E-state index contributed by atoms with van der Waals surface area (Å²) in [7, 11) is 2.02. The highest BCUT2D eigenvalue weighted by Gasteiger charge is 2.29. The highest BCUT2D eigenvalue weighted by Crippen LogP contribution is 2.34. The number of hydrogen-bond donors (Lipinski definition) is 1. The van der Waals surface area contributed by atoms with Crippen molar-refractivity contribution in [3.05, 3.63) is 34.6 Å². The van der Waals surface area contributed by atoms with Crippen LogP contribution in [-0.2, 0) is 6.42 Å². The topological polar surface area (TPSA) is 12.0 Å². The molecule has 0 aromatic heterocycles. The van der Waals surface area contributed by atoms with Gasteiger partial charge in [0.2, 0.25) is 0 Å². The Hall–Kier alpha value is -0.600. The van der Waals surface area contributed by atoms with E-state index in [-0.39, 0.29) is 5.82 Å². The number of rotatable bonds is 6. The molecule has 1 aromatic carbocycles. The molecule has 1 unspecified atom stereocenters. The van der Waals surface area contributed by atoms with Crippen LogP contribution in [0.1, 0.15) is 31.2 Å². The first-order chi connectivity index (χ1) is 8.20. The standard InChI is InChI=1S/C14H19ClFN/c1-17-14(10-5-6-10)4-2-3-11-9-12(15)7-8-13(11)16/h7-10,14,17H,2-6H2,1H3. The van der Waals surface area contributed by atoms with Gasteiger partial charge in [-0.3, -0.25) is 0 Å². The Balaban J connectivity index is 1.82. The molecule has 1 saturated carbocycles. The van der Waals surface area contributed by atoms with Crippen LogP contribution in [0.25, 0.3) is 0 Å². The molecule has 3 heteroatoms. The van der Waals surface area contributed by atoms with Crippen molar-refractivity contribution in [1.82, 2.24) is 5.32 Å². The zero-order valence-corrected chi connectivity index (χ0v) is 10.9. The number of nitrogens with one attached hydrogen (secondary N) is 1. The molecule has 1 atom stereocenters. The maximum Gasteiger partial charge on any atom is 0.126 e. The number of aryl methyl sites for hydroxylation is 1. The van der Waals surface area contributed by atoms with Crippen molar-refractivity contribution < 1.29 is 4.39 Å². The molecule has 17 heavy (non-hydrogen) atoms. The van der Waals surface area contributed by atoms with Crippen molar-refractivity contribution in [3.8, 4) is 0 Å². The van der Waals surface area contributed by atoms with Gasteiger partial charge in [0, 0.05) is 11.1 Å². The van der Waals surface area contributed by atoms with E-state index in [2.05, 4.69) is 5.32 Å². The van der Waals surface area contributed by atoms with Crippen LogP contribution >= 0.6 is 11.6 Å². The third-order valence-corrected chi connectivity index (χ3v) is 3.77. The summed E-state index contributed by atoms with van der Waals surface area (Å²) in [6.45, 7) is 0. The summed E-state index contributed by atoms with van der Waals surface area (Å²) in [5.74, 6) is 0.714. The number of hydrogen-bond acceptors (Lipinski definition) is 1. The fourth-order valence-corrected chi connectivity index (χ4v) is 2.56. The molecule has 0 spiro atoms. The van der Waals surface area contributed by atoms with E-state index in [0.717, 1.165) is 30.7 Å². The van der Waals surface area contributed by atoms with Crippen LogP contribution in [0.3, 0.4) is 0 Å². The van der Waals surface area contributed by atoms with Gasteiger partial charge in [-0.2, -0.15) is 0 Å². The quantitative estimate of drug-likeness (QED) is 0.815. The minimum atomic E-state index is -0.137. The van der Waals surface area contributed by atoms with E-state index in [1.54, 1.807) is 12.1 Å². The molecule has 1 N–H and O–H groups in total. The second-order valence-electron chi connectivity index (χ2n) is 4.86. The predicted molar refractivity (Wildman–Crippen MR) is 69.9 cm³/mol. The van der Waals surface area contributed by atoms with Crippen LogP contribution in [0.15, 0.2) is 18.2 Å². The Morgan fingerprint density at radius 3 is 2.88 bits per heavy atom. The van der Waals surface area contributed by atoms with Gasteiger partial charge in [-0.15, -0.1) is 0 Å². The smallest absolute Gasteiger partial charge is 0.126 e. The third kappa shape index (κ3) is 3.68. The van der Waals surface area contributed by atoms with Gasteiger partial charge in [-0.25, -0.2) is 4.39 Å². The highest BCUT2D eigenvalue weighted by atomic mass is 35.5. The minimum Gasteiger partial charge on any atom is -0.317 e. The van der Waals surface area contributed by atoms with E-state index < -0.39 is 0 Å². The normalized spacial score (nSPS) is 17.1. The predicted octanol–water partition coefficient (Wildman–Crippen LogP) is 3.80. The number of benzene rings is 1. The largest absolute Gasteiger partial charge is 0.317 e. The molecular formula is C14H19ClFN. The van der Waals surface area contributed by atoms with Crippen LogP contribution in [0.4, 0.5) is 4.39 Å². The van der Waals surface area contributed by atoms with Crippen molar-refractivity contribution >= 4 is 11.6 Å². The fourth-order valence-electron chi connectivity index (χ4n) is 2.36. The summed E-state index contributed by atoms with van der Waals surface area (Å²) >= 11 is 5.87. The Bertz CT molecular complexity index is 376. The van der Waals surface area contributed by atoms with Gasteiger partial charge in [-0.1, -0.05) is 11.6 Å². The zero-order chi connectivity index (χ0) is 12.3. The average molecular weight is 256 g/mol. The first-order valence-corrected chi connectivity index (χ1v) is 6.69.